The highest BCUT2D eigenvalue weighted by Gasteiger charge is 2.40. The molecule has 0 bridgehead atoms. The third-order valence-electron chi connectivity index (χ3n) is 4.82. The minimum absolute atomic E-state index is 0.0533. The highest BCUT2D eigenvalue weighted by Crippen LogP contribution is 2.42. The molecule has 0 spiro atoms. The van der Waals surface area contributed by atoms with Crippen molar-refractivity contribution in [2.45, 2.75) is 25.5 Å². The van der Waals surface area contributed by atoms with E-state index >= 15 is 0 Å². The zero-order chi connectivity index (χ0) is 21.1. The molecular formula is C22H20BrN3O2S. The number of aryl methyl sites for hydroxylation is 2. The lowest BCUT2D eigenvalue weighted by Gasteiger charge is -2.19. The first-order valence-corrected chi connectivity index (χ1v) is 10.7. The van der Waals surface area contributed by atoms with Crippen LogP contribution in [0.5, 0.6) is 0 Å². The number of anilines is 1. The number of hydrogen-bond donors (Lipinski definition) is 1. The maximum atomic E-state index is 13.3. The fourth-order valence-corrected chi connectivity index (χ4v) is 4.62. The van der Waals surface area contributed by atoms with Crippen molar-refractivity contribution in [1.82, 2.24) is 5.32 Å². The van der Waals surface area contributed by atoms with Crippen LogP contribution in [-0.2, 0) is 16.0 Å². The lowest BCUT2D eigenvalue weighted by molar-refractivity contribution is -0.117. The molecule has 0 aromatic heterocycles. The molecule has 2 amide bonds. The quantitative estimate of drug-likeness (QED) is 0.536. The maximum absolute atomic E-state index is 13.3. The first-order chi connectivity index (χ1) is 13.8. The highest BCUT2D eigenvalue weighted by molar-refractivity contribution is 9.10. The second-order valence-electron chi connectivity index (χ2n) is 6.75. The SMILES string of the molecule is CNC(=O)/C(C#N)=C1\SC(Cc2ccc(Br)cc2)C(=O)N1c1ccc(C)c(C)c1. The van der Waals surface area contributed by atoms with E-state index in [-0.39, 0.29) is 11.5 Å². The number of rotatable bonds is 4. The monoisotopic (exact) mass is 469 g/mol. The van der Waals surface area contributed by atoms with Gasteiger partial charge in [-0.25, -0.2) is 0 Å². The van der Waals surface area contributed by atoms with E-state index in [4.69, 9.17) is 0 Å². The Morgan fingerprint density at radius 2 is 1.90 bits per heavy atom. The molecule has 29 heavy (non-hydrogen) atoms. The molecule has 148 valence electrons. The lowest BCUT2D eigenvalue weighted by atomic mass is 10.1. The minimum Gasteiger partial charge on any atom is -0.354 e. The van der Waals surface area contributed by atoms with E-state index < -0.39 is 11.2 Å². The average molecular weight is 470 g/mol. The van der Waals surface area contributed by atoms with Crippen molar-refractivity contribution in [2.75, 3.05) is 11.9 Å². The summed E-state index contributed by atoms with van der Waals surface area (Å²) >= 11 is 4.68. The second-order valence-corrected chi connectivity index (χ2v) is 8.86. The standard InChI is InChI=1S/C22H20BrN3O2S/c1-13-4-9-17(10-14(13)2)26-21(28)19(11-15-5-7-16(23)8-6-15)29-22(26)18(12-24)20(27)25-3/h4-10,19H,11H2,1-3H3,(H,25,27)/b22-18-. The van der Waals surface area contributed by atoms with E-state index in [1.807, 2.05) is 62.4 Å². The molecule has 0 aliphatic carbocycles. The Bertz CT molecular complexity index is 1040. The van der Waals surface area contributed by atoms with E-state index in [2.05, 4.69) is 21.2 Å². The van der Waals surface area contributed by atoms with Crippen LogP contribution in [0.4, 0.5) is 5.69 Å². The van der Waals surface area contributed by atoms with Gasteiger partial charge in [0.2, 0.25) is 5.91 Å². The topological polar surface area (TPSA) is 73.2 Å². The van der Waals surface area contributed by atoms with Gasteiger partial charge in [-0.3, -0.25) is 14.5 Å². The van der Waals surface area contributed by atoms with E-state index in [0.717, 1.165) is 21.2 Å². The van der Waals surface area contributed by atoms with Crippen LogP contribution in [0.25, 0.3) is 0 Å². The smallest absolute Gasteiger partial charge is 0.264 e. The van der Waals surface area contributed by atoms with Crippen molar-refractivity contribution in [3.63, 3.8) is 0 Å². The molecule has 5 nitrogen and oxygen atoms in total. The number of hydrogen-bond acceptors (Lipinski definition) is 4. The summed E-state index contributed by atoms with van der Waals surface area (Å²) in [6.07, 6.45) is 0.508. The van der Waals surface area contributed by atoms with Crippen molar-refractivity contribution < 1.29 is 9.59 Å². The van der Waals surface area contributed by atoms with Crippen LogP contribution < -0.4 is 10.2 Å². The summed E-state index contributed by atoms with van der Waals surface area (Å²) < 4.78 is 0.968. The van der Waals surface area contributed by atoms with Gasteiger partial charge < -0.3 is 5.32 Å². The molecule has 1 saturated heterocycles. The predicted octanol–water partition coefficient (Wildman–Crippen LogP) is 4.24. The number of carbonyl (C=O) groups is 2. The van der Waals surface area contributed by atoms with Gasteiger partial charge in [0.25, 0.3) is 5.91 Å². The van der Waals surface area contributed by atoms with Gasteiger partial charge >= 0.3 is 0 Å². The minimum atomic E-state index is -0.499. The number of nitrogens with zero attached hydrogens (tertiary/aromatic N) is 2. The van der Waals surface area contributed by atoms with Gasteiger partial charge in [0.15, 0.2) is 0 Å². The summed E-state index contributed by atoms with van der Waals surface area (Å²) in [7, 11) is 1.47. The van der Waals surface area contributed by atoms with Gasteiger partial charge in [-0.05, 0) is 61.2 Å². The Hall–Kier alpha value is -2.56. The normalized spacial score (nSPS) is 17.8. The van der Waals surface area contributed by atoms with Crippen molar-refractivity contribution >= 4 is 45.2 Å². The zero-order valence-corrected chi connectivity index (χ0v) is 18.7. The molecule has 1 aliphatic rings. The number of nitrogens with one attached hydrogen (secondary N) is 1. The van der Waals surface area contributed by atoms with Crippen molar-refractivity contribution in [3.05, 3.63) is 74.2 Å². The lowest BCUT2D eigenvalue weighted by Crippen LogP contribution is -2.31. The van der Waals surface area contributed by atoms with Crippen LogP contribution in [0.1, 0.15) is 16.7 Å². The summed E-state index contributed by atoms with van der Waals surface area (Å²) in [6.45, 7) is 3.97. The first-order valence-electron chi connectivity index (χ1n) is 9.04. The van der Waals surface area contributed by atoms with E-state index in [9.17, 15) is 14.9 Å². The summed E-state index contributed by atoms with van der Waals surface area (Å²) in [5.41, 5.74) is 3.77. The number of amides is 2. The molecule has 1 N–H and O–H groups in total. The number of halogens is 1. The molecule has 0 saturated carbocycles. The average Bonchev–Trinajstić information content (AvgIpc) is 3.02. The number of carbonyl (C=O) groups excluding carboxylic acids is 2. The molecule has 0 radical (unpaired) electrons. The van der Waals surface area contributed by atoms with Crippen LogP contribution in [0.2, 0.25) is 0 Å². The predicted molar refractivity (Wildman–Crippen MR) is 119 cm³/mol. The second kappa shape index (κ2) is 8.85. The molecule has 2 aromatic rings. The molecule has 2 aromatic carbocycles. The molecule has 3 rings (SSSR count). The fraction of sp³-hybridized carbons (Fsp3) is 0.227. The first kappa shape index (κ1) is 21.2. The Labute approximate surface area is 182 Å². The number of likely N-dealkylation sites (N-methyl/N-ethyl adjacent to an activating group) is 1. The van der Waals surface area contributed by atoms with E-state index in [1.54, 1.807) is 0 Å². The fourth-order valence-electron chi connectivity index (χ4n) is 3.05. The summed E-state index contributed by atoms with van der Waals surface area (Å²) in [5.74, 6) is -0.631. The summed E-state index contributed by atoms with van der Waals surface area (Å²) in [6, 6.07) is 15.5. The van der Waals surface area contributed by atoms with Crippen LogP contribution in [0, 0.1) is 25.2 Å². The third-order valence-corrected chi connectivity index (χ3v) is 6.61. The number of thioether (sulfide) groups is 1. The van der Waals surface area contributed by atoms with Crippen LogP contribution >= 0.6 is 27.7 Å². The van der Waals surface area contributed by atoms with Crippen molar-refractivity contribution in [3.8, 4) is 6.07 Å². The number of nitriles is 1. The Balaban J connectivity index is 2.06. The Kier molecular flexibility index (Phi) is 6.46. The largest absolute Gasteiger partial charge is 0.354 e. The van der Waals surface area contributed by atoms with Crippen molar-refractivity contribution in [2.24, 2.45) is 0 Å². The van der Waals surface area contributed by atoms with Crippen LogP contribution in [0.3, 0.4) is 0 Å². The van der Waals surface area contributed by atoms with Gasteiger partial charge in [0.05, 0.1) is 5.25 Å². The van der Waals surface area contributed by atoms with Crippen LogP contribution in [0.15, 0.2) is 57.5 Å². The zero-order valence-electron chi connectivity index (χ0n) is 16.3. The van der Waals surface area contributed by atoms with Gasteiger partial charge in [0.1, 0.15) is 16.7 Å². The van der Waals surface area contributed by atoms with Gasteiger partial charge in [-0.1, -0.05) is 45.9 Å². The molecule has 1 heterocycles. The molecule has 1 atom stereocenters. The molecular weight excluding hydrogens is 450 g/mol. The summed E-state index contributed by atoms with van der Waals surface area (Å²) in [5, 5.41) is 12.1. The van der Waals surface area contributed by atoms with E-state index in [0.29, 0.717) is 17.1 Å². The van der Waals surface area contributed by atoms with Gasteiger partial charge in [-0.2, -0.15) is 5.26 Å². The molecule has 1 aliphatic heterocycles. The molecule has 7 heteroatoms. The molecule has 1 unspecified atom stereocenters. The van der Waals surface area contributed by atoms with Crippen molar-refractivity contribution in [1.29, 1.82) is 5.26 Å². The molecule has 1 fully saturated rings. The van der Waals surface area contributed by atoms with Gasteiger partial charge in [0, 0.05) is 17.2 Å². The number of benzene rings is 2. The van der Waals surface area contributed by atoms with E-state index in [1.165, 1.54) is 23.7 Å². The maximum Gasteiger partial charge on any atom is 0.264 e. The van der Waals surface area contributed by atoms with Gasteiger partial charge in [-0.15, -0.1) is 0 Å². The highest BCUT2D eigenvalue weighted by atomic mass is 79.9. The Morgan fingerprint density at radius 3 is 2.48 bits per heavy atom. The summed E-state index contributed by atoms with van der Waals surface area (Å²) in [4.78, 5) is 27.1. The van der Waals surface area contributed by atoms with Crippen LogP contribution in [-0.4, -0.2) is 24.1 Å². The Morgan fingerprint density at radius 1 is 1.21 bits per heavy atom. The third kappa shape index (κ3) is 4.39.